The zero-order chi connectivity index (χ0) is 15.8. The summed E-state index contributed by atoms with van der Waals surface area (Å²) < 4.78 is 5.57. The highest BCUT2D eigenvalue weighted by molar-refractivity contribution is 5.98. The molecule has 5 heteroatoms. The Bertz CT molecular complexity index is 511. The van der Waals surface area contributed by atoms with Gasteiger partial charge in [0.2, 0.25) is 0 Å². The Morgan fingerprint density at radius 1 is 1.38 bits per heavy atom. The summed E-state index contributed by atoms with van der Waals surface area (Å²) in [6, 6.07) is 5.83. The Balaban J connectivity index is 2.87. The highest BCUT2D eigenvalue weighted by Gasteiger charge is 2.21. The number of amides is 1. The fraction of sp³-hybridized carbons (Fsp3) is 0.375. The van der Waals surface area contributed by atoms with Gasteiger partial charge in [-0.15, -0.1) is 6.58 Å². The van der Waals surface area contributed by atoms with E-state index in [1.54, 1.807) is 30.3 Å². The standard InChI is InChI=1S/C16H21NO4/c1-4-5-9-13(16(19)20)17-15(18)12-8-6-7-10-14(12)21-11(2)3/h4,6-8,10-11,13H,1,5,9H2,2-3H3,(H,17,18)(H,19,20). The summed E-state index contributed by atoms with van der Waals surface area (Å²) in [4.78, 5) is 23.4. The smallest absolute Gasteiger partial charge is 0.326 e. The van der Waals surface area contributed by atoms with Crippen LogP contribution in [0.2, 0.25) is 0 Å². The van der Waals surface area contributed by atoms with E-state index in [9.17, 15) is 9.59 Å². The van der Waals surface area contributed by atoms with Crippen molar-refractivity contribution in [3.63, 3.8) is 0 Å². The summed E-state index contributed by atoms with van der Waals surface area (Å²) in [5.74, 6) is -1.08. The van der Waals surface area contributed by atoms with Crippen molar-refractivity contribution in [1.29, 1.82) is 0 Å². The topological polar surface area (TPSA) is 75.6 Å². The predicted octanol–water partition coefficient (Wildman–Crippen LogP) is 2.62. The summed E-state index contributed by atoms with van der Waals surface area (Å²) >= 11 is 0. The van der Waals surface area contributed by atoms with Crippen molar-refractivity contribution in [3.8, 4) is 5.75 Å². The van der Waals surface area contributed by atoms with E-state index in [2.05, 4.69) is 11.9 Å². The minimum Gasteiger partial charge on any atom is -0.490 e. The molecular formula is C16H21NO4. The van der Waals surface area contributed by atoms with E-state index in [-0.39, 0.29) is 6.10 Å². The van der Waals surface area contributed by atoms with E-state index in [0.717, 1.165) is 0 Å². The number of benzene rings is 1. The summed E-state index contributed by atoms with van der Waals surface area (Å²) in [6.45, 7) is 7.27. The molecule has 0 radical (unpaired) electrons. The van der Waals surface area contributed by atoms with Gasteiger partial charge in [-0.05, 0) is 38.8 Å². The van der Waals surface area contributed by atoms with E-state index in [1.165, 1.54) is 0 Å². The highest BCUT2D eigenvalue weighted by Crippen LogP contribution is 2.19. The molecule has 21 heavy (non-hydrogen) atoms. The maximum absolute atomic E-state index is 12.2. The number of hydrogen-bond donors (Lipinski definition) is 2. The maximum Gasteiger partial charge on any atom is 0.326 e. The Morgan fingerprint density at radius 2 is 2.05 bits per heavy atom. The summed E-state index contributed by atoms with van der Waals surface area (Å²) in [5, 5.41) is 11.6. The number of carbonyl (C=O) groups excluding carboxylic acids is 1. The van der Waals surface area contributed by atoms with Gasteiger partial charge in [0.1, 0.15) is 11.8 Å². The number of rotatable bonds is 8. The second-order valence-electron chi connectivity index (χ2n) is 4.89. The van der Waals surface area contributed by atoms with Crippen LogP contribution in [0.3, 0.4) is 0 Å². The number of para-hydroxylation sites is 1. The summed E-state index contributed by atoms with van der Waals surface area (Å²) in [5.41, 5.74) is 0.330. The van der Waals surface area contributed by atoms with Crippen LogP contribution in [0.15, 0.2) is 36.9 Å². The molecule has 2 N–H and O–H groups in total. The lowest BCUT2D eigenvalue weighted by Gasteiger charge is -2.17. The van der Waals surface area contributed by atoms with Crippen LogP contribution in [0.1, 0.15) is 37.0 Å². The van der Waals surface area contributed by atoms with Crippen LogP contribution in [0, 0.1) is 0 Å². The van der Waals surface area contributed by atoms with Crippen molar-refractivity contribution in [3.05, 3.63) is 42.5 Å². The van der Waals surface area contributed by atoms with Gasteiger partial charge in [-0.2, -0.15) is 0 Å². The molecule has 0 bridgehead atoms. The van der Waals surface area contributed by atoms with Crippen LogP contribution in [0.5, 0.6) is 5.75 Å². The third-order valence-corrected chi connectivity index (χ3v) is 2.76. The average molecular weight is 291 g/mol. The van der Waals surface area contributed by atoms with Crippen molar-refractivity contribution in [1.82, 2.24) is 5.32 Å². The molecule has 1 aromatic carbocycles. The molecule has 1 aromatic rings. The number of carbonyl (C=O) groups is 2. The maximum atomic E-state index is 12.2. The lowest BCUT2D eigenvalue weighted by molar-refractivity contribution is -0.139. The van der Waals surface area contributed by atoms with Gasteiger partial charge in [-0.1, -0.05) is 18.2 Å². The van der Waals surface area contributed by atoms with Crippen molar-refractivity contribution in [2.24, 2.45) is 0 Å². The number of allylic oxidation sites excluding steroid dienone is 1. The first-order valence-electron chi connectivity index (χ1n) is 6.86. The third kappa shape index (κ3) is 5.30. The SMILES string of the molecule is C=CCCC(NC(=O)c1ccccc1OC(C)C)C(=O)O. The van der Waals surface area contributed by atoms with Gasteiger partial charge in [0.15, 0.2) is 0 Å². The Labute approximate surface area is 124 Å². The number of carboxylic acid groups (broad SMARTS) is 1. The minimum absolute atomic E-state index is 0.0741. The van der Waals surface area contributed by atoms with Gasteiger partial charge in [0.05, 0.1) is 11.7 Å². The molecule has 0 saturated carbocycles. The molecule has 0 saturated heterocycles. The predicted molar refractivity (Wildman–Crippen MR) is 80.5 cm³/mol. The fourth-order valence-corrected chi connectivity index (χ4v) is 1.79. The normalized spacial score (nSPS) is 11.8. The molecule has 0 aliphatic heterocycles. The Morgan fingerprint density at radius 3 is 2.62 bits per heavy atom. The third-order valence-electron chi connectivity index (χ3n) is 2.76. The first kappa shape index (κ1) is 16.8. The van der Waals surface area contributed by atoms with E-state index in [0.29, 0.717) is 24.2 Å². The average Bonchev–Trinajstić information content (AvgIpc) is 2.42. The second-order valence-corrected chi connectivity index (χ2v) is 4.89. The van der Waals surface area contributed by atoms with Crippen molar-refractivity contribution in [2.45, 2.75) is 38.8 Å². The van der Waals surface area contributed by atoms with Gasteiger partial charge in [-0.3, -0.25) is 4.79 Å². The molecule has 0 fully saturated rings. The number of hydrogen-bond acceptors (Lipinski definition) is 3. The number of aliphatic carboxylic acids is 1. The highest BCUT2D eigenvalue weighted by atomic mass is 16.5. The molecule has 0 spiro atoms. The quantitative estimate of drug-likeness (QED) is 0.722. The van der Waals surface area contributed by atoms with Crippen LogP contribution in [-0.4, -0.2) is 29.1 Å². The van der Waals surface area contributed by atoms with Crippen LogP contribution in [-0.2, 0) is 4.79 Å². The van der Waals surface area contributed by atoms with Gasteiger partial charge >= 0.3 is 5.97 Å². The van der Waals surface area contributed by atoms with Gasteiger partial charge < -0.3 is 15.2 Å². The lowest BCUT2D eigenvalue weighted by atomic mass is 10.1. The van der Waals surface area contributed by atoms with E-state index < -0.39 is 17.9 Å². The minimum atomic E-state index is -1.06. The van der Waals surface area contributed by atoms with Gasteiger partial charge in [0.25, 0.3) is 5.91 Å². The molecule has 1 rings (SSSR count). The van der Waals surface area contributed by atoms with Crippen molar-refractivity contribution >= 4 is 11.9 Å². The molecule has 0 aliphatic carbocycles. The number of carboxylic acids is 1. The van der Waals surface area contributed by atoms with Crippen LogP contribution in [0.4, 0.5) is 0 Å². The van der Waals surface area contributed by atoms with Crippen molar-refractivity contribution < 1.29 is 19.4 Å². The van der Waals surface area contributed by atoms with Crippen LogP contribution >= 0.6 is 0 Å². The first-order chi connectivity index (χ1) is 9.95. The van der Waals surface area contributed by atoms with Crippen LogP contribution in [0.25, 0.3) is 0 Å². The fourth-order valence-electron chi connectivity index (χ4n) is 1.79. The first-order valence-corrected chi connectivity index (χ1v) is 6.86. The van der Waals surface area contributed by atoms with Crippen LogP contribution < -0.4 is 10.1 Å². The molecule has 1 amide bonds. The molecule has 114 valence electrons. The Kier molecular flexibility index (Phi) is 6.46. The van der Waals surface area contributed by atoms with Gasteiger partial charge in [-0.25, -0.2) is 4.79 Å². The molecule has 5 nitrogen and oxygen atoms in total. The largest absolute Gasteiger partial charge is 0.490 e. The molecule has 0 heterocycles. The monoisotopic (exact) mass is 291 g/mol. The molecule has 0 aliphatic rings. The zero-order valence-corrected chi connectivity index (χ0v) is 12.3. The summed E-state index contributed by atoms with van der Waals surface area (Å²) in [6.07, 6.45) is 2.37. The molecule has 1 atom stereocenters. The van der Waals surface area contributed by atoms with E-state index in [1.807, 2.05) is 13.8 Å². The summed E-state index contributed by atoms with van der Waals surface area (Å²) in [7, 11) is 0. The number of nitrogens with one attached hydrogen (secondary N) is 1. The van der Waals surface area contributed by atoms with E-state index in [4.69, 9.17) is 9.84 Å². The molecule has 1 unspecified atom stereocenters. The van der Waals surface area contributed by atoms with Gasteiger partial charge in [0, 0.05) is 0 Å². The molecule has 0 aromatic heterocycles. The Hall–Kier alpha value is -2.30. The van der Waals surface area contributed by atoms with E-state index >= 15 is 0 Å². The number of ether oxygens (including phenoxy) is 1. The molecular weight excluding hydrogens is 270 g/mol. The lowest BCUT2D eigenvalue weighted by Crippen LogP contribution is -2.40. The zero-order valence-electron chi connectivity index (χ0n) is 12.3. The van der Waals surface area contributed by atoms with Crippen molar-refractivity contribution in [2.75, 3.05) is 0 Å². The second kappa shape index (κ2) is 8.09.